The van der Waals surface area contributed by atoms with Gasteiger partial charge in [0.2, 0.25) is 5.88 Å². The number of fused-ring (bicyclic) bond motifs is 3. The zero-order valence-corrected chi connectivity index (χ0v) is 23.0. The molecule has 3 aliphatic rings. The third kappa shape index (κ3) is 6.87. The molecular weight excluding hydrogens is 502 g/mol. The molecule has 0 amide bonds. The van der Waals surface area contributed by atoms with E-state index in [1.807, 2.05) is 49.8 Å². The monoisotopic (exact) mass is 537 g/mol. The van der Waals surface area contributed by atoms with E-state index in [1.54, 1.807) is 12.4 Å². The second kappa shape index (κ2) is 13.7. The fraction of sp³-hybridized carbons (Fsp3) is 0.344. The third-order valence-electron chi connectivity index (χ3n) is 6.99. The van der Waals surface area contributed by atoms with Gasteiger partial charge in [0.1, 0.15) is 12.4 Å². The van der Waals surface area contributed by atoms with Crippen LogP contribution in [0.25, 0.3) is 11.1 Å². The van der Waals surface area contributed by atoms with E-state index in [2.05, 4.69) is 68.3 Å². The molecule has 2 aromatic rings. The smallest absolute Gasteiger partial charge is 0.213 e. The Morgan fingerprint density at radius 1 is 1.20 bits per heavy atom. The summed E-state index contributed by atoms with van der Waals surface area (Å²) in [6.07, 6.45) is 15.9. The predicted molar refractivity (Wildman–Crippen MR) is 160 cm³/mol. The molecule has 1 saturated heterocycles. The number of rotatable bonds is 11. The summed E-state index contributed by atoms with van der Waals surface area (Å²) in [7, 11) is 2.14. The lowest BCUT2D eigenvalue weighted by Crippen LogP contribution is -2.48. The van der Waals surface area contributed by atoms with Crippen molar-refractivity contribution in [2.24, 2.45) is 9.98 Å². The quantitative estimate of drug-likeness (QED) is 0.149. The number of pyridine rings is 1. The van der Waals surface area contributed by atoms with Crippen molar-refractivity contribution in [3.63, 3.8) is 0 Å². The minimum Gasteiger partial charge on any atom is -0.492 e. The molecule has 40 heavy (non-hydrogen) atoms. The number of hydrogen-bond donors (Lipinski definition) is 1. The van der Waals surface area contributed by atoms with E-state index in [-0.39, 0.29) is 6.10 Å². The SMILES string of the molecule is C/C=C\C(=C/N=CC#CCOC1CNC1)OCCCOc1ccc(-c2ccc3c(c2)N(C)C2C=CN=CC32)cn1. The summed E-state index contributed by atoms with van der Waals surface area (Å²) in [6.45, 7) is 5.16. The van der Waals surface area contributed by atoms with Crippen LogP contribution in [0.3, 0.4) is 0 Å². The van der Waals surface area contributed by atoms with E-state index < -0.39 is 0 Å². The first-order chi connectivity index (χ1) is 19.7. The van der Waals surface area contributed by atoms with E-state index in [4.69, 9.17) is 14.2 Å². The molecule has 5 rings (SSSR count). The van der Waals surface area contributed by atoms with Gasteiger partial charge in [0, 0.05) is 68.4 Å². The molecule has 8 nitrogen and oxygen atoms in total. The number of anilines is 1. The van der Waals surface area contributed by atoms with E-state index in [0.29, 0.717) is 49.8 Å². The molecule has 0 bridgehead atoms. The molecular formula is C32H35N5O3. The molecule has 0 saturated carbocycles. The number of hydrogen-bond acceptors (Lipinski definition) is 8. The number of nitrogens with zero attached hydrogens (tertiary/aromatic N) is 4. The highest BCUT2D eigenvalue weighted by atomic mass is 16.5. The minimum atomic E-state index is 0.288. The summed E-state index contributed by atoms with van der Waals surface area (Å²) >= 11 is 0. The van der Waals surface area contributed by atoms with Crippen molar-refractivity contribution < 1.29 is 14.2 Å². The van der Waals surface area contributed by atoms with Gasteiger partial charge >= 0.3 is 0 Å². The first-order valence-corrected chi connectivity index (χ1v) is 13.7. The number of benzene rings is 1. The van der Waals surface area contributed by atoms with Gasteiger partial charge in [-0.3, -0.25) is 9.98 Å². The van der Waals surface area contributed by atoms with Gasteiger partial charge in [0.15, 0.2) is 0 Å². The molecule has 0 aliphatic carbocycles. The van der Waals surface area contributed by atoms with Gasteiger partial charge in [-0.05, 0) is 42.3 Å². The number of aromatic nitrogens is 1. The van der Waals surface area contributed by atoms with Crippen LogP contribution < -0.4 is 15.0 Å². The summed E-state index contributed by atoms with van der Waals surface area (Å²) in [5.41, 5.74) is 4.74. The number of nitrogens with one attached hydrogen (secondary N) is 1. The summed E-state index contributed by atoms with van der Waals surface area (Å²) in [5.74, 6) is 7.38. The van der Waals surface area contributed by atoms with Crippen LogP contribution in [-0.2, 0) is 9.47 Å². The Hall–Kier alpha value is -4.19. The van der Waals surface area contributed by atoms with Crippen molar-refractivity contribution >= 4 is 18.1 Å². The molecule has 2 atom stereocenters. The lowest BCUT2D eigenvalue weighted by atomic mass is 9.93. The Balaban J connectivity index is 1.05. The standard InChI is InChI=1S/C32H35N5O3/c1-3-7-26(20-33-13-4-5-15-39-27-21-35-22-27)38-16-6-17-40-32-11-9-25(19-36-32)24-8-10-28-29-23-34-14-12-30(29)37(2)31(28)18-24/h3,7-14,18-20,23,27,29-30,35H,6,15-17,21-22H2,1-2H3/b7-3-,26-20+,33-13?. The van der Waals surface area contributed by atoms with Crippen LogP contribution in [0.5, 0.6) is 5.88 Å². The largest absolute Gasteiger partial charge is 0.492 e. The zero-order valence-electron chi connectivity index (χ0n) is 23.0. The van der Waals surface area contributed by atoms with Gasteiger partial charge in [0.05, 0.1) is 37.8 Å². The summed E-state index contributed by atoms with van der Waals surface area (Å²) in [5, 5.41) is 3.16. The van der Waals surface area contributed by atoms with Gasteiger partial charge in [0.25, 0.3) is 0 Å². The van der Waals surface area contributed by atoms with Gasteiger partial charge in [-0.1, -0.05) is 30.0 Å². The van der Waals surface area contributed by atoms with Crippen LogP contribution >= 0.6 is 0 Å². The Kier molecular flexibility index (Phi) is 9.41. The van der Waals surface area contributed by atoms with Crippen molar-refractivity contribution in [3.8, 4) is 28.8 Å². The second-order valence-electron chi connectivity index (χ2n) is 9.70. The molecule has 8 heteroatoms. The first kappa shape index (κ1) is 27.4. The molecule has 3 aliphatic heterocycles. The number of allylic oxidation sites excluding steroid dienone is 2. The lowest BCUT2D eigenvalue weighted by Gasteiger charge is -2.25. The average molecular weight is 538 g/mol. The fourth-order valence-corrected chi connectivity index (χ4v) is 4.72. The summed E-state index contributed by atoms with van der Waals surface area (Å²) in [6, 6.07) is 10.9. The number of ether oxygens (including phenoxy) is 3. The molecule has 206 valence electrons. The Morgan fingerprint density at radius 3 is 2.90 bits per heavy atom. The lowest BCUT2D eigenvalue weighted by molar-refractivity contribution is 0.0394. The van der Waals surface area contributed by atoms with Crippen LogP contribution in [0, 0.1) is 11.8 Å². The molecule has 2 unspecified atom stereocenters. The van der Waals surface area contributed by atoms with Crippen molar-refractivity contribution in [3.05, 3.63) is 78.5 Å². The van der Waals surface area contributed by atoms with E-state index >= 15 is 0 Å². The summed E-state index contributed by atoms with van der Waals surface area (Å²) in [4.78, 5) is 15.4. The van der Waals surface area contributed by atoms with Crippen LogP contribution in [0.4, 0.5) is 5.69 Å². The maximum atomic E-state index is 5.84. The second-order valence-corrected chi connectivity index (χ2v) is 9.70. The molecule has 1 N–H and O–H groups in total. The molecule has 1 aromatic heterocycles. The highest BCUT2D eigenvalue weighted by Crippen LogP contribution is 2.42. The highest BCUT2D eigenvalue weighted by Gasteiger charge is 2.35. The predicted octanol–water partition coefficient (Wildman–Crippen LogP) is 4.51. The van der Waals surface area contributed by atoms with Crippen LogP contribution in [-0.4, -0.2) is 69.5 Å². The number of aliphatic imine (C=N–C) groups is 2. The minimum absolute atomic E-state index is 0.288. The van der Waals surface area contributed by atoms with Crippen LogP contribution in [0.2, 0.25) is 0 Å². The van der Waals surface area contributed by atoms with Crippen molar-refractivity contribution in [1.29, 1.82) is 0 Å². The zero-order chi connectivity index (χ0) is 27.6. The van der Waals surface area contributed by atoms with Crippen molar-refractivity contribution in [2.45, 2.75) is 31.4 Å². The number of likely N-dealkylation sites (N-methyl/N-ethyl adjacent to an activating group) is 1. The van der Waals surface area contributed by atoms with Gasteiger partial charge in [-0.2, -0.15) is 0 Å². The maximum absolute atomic E-state index is 5.84. The molecule has 0 radical (unpaired) electrons. The summed E-state index contributed by atoms with van der Waals surface area (Å²) < 4.78 is 17.2. The average Bonchev–Trinajstić information content (AvgIpc) is 3.25. The van der Waals surface area contributed by atoms with Crippen LogP contribution in [0.1, 0.15) is 24.8 Å². The first-order valence-electron chi connectivity index (χ1n) is 13.7. The van der Waals surface area contributed by atoms with Crippen molar-refractivity contribution in [2.75, 3.05) is 44.9 Å². The Morgan fingerprint density at radius 2 is 2.10 bits per heavy atom. The molecule has 1 fully saturated rings. The van der Waals surface area contributed by atoms with Crippen LogP contribution in [0.15, 0.2) is 82.9 Å². The molecule has 0 spiro atoms. The topological polar surface area (TPSA) is 80.6 Å². The van der Waals surface area contributed by atoms with E-state index in [0.717, 1.165) is 24.2 Å². The molecule has 4 heterocycles. The maximum Gasteiger partial charge on any atom is 0.213 e. The van der Waals surface area contributed by atoms with Gasteiger partial charge < -0.3 is 24.4 Å². The van der Waals surface area contributed by atoms with E-state index in [1.165, 1.54) is 11.3 Å². The van der Waals surface area contributed by atoms with Crippen molar-refractivity contribution in [1.82, 2.24) is 10.3 Å². The Bertz CT molecular complexity index is 1360. The highest BCUT2D eigenvalue weighted by molar-refractivity contribution is 5.83. The normalized spacial score (nSPS) is 19.9. The Labute approximate surface area is 236 Å². The van der Waals surface area contributed by atoms with Gasteiger partial charge in [-0.15, -0.1) is 0 Å². The van der Waals surface area contributed by atoms with E-state index in [9.17, 15) is 0 Å². The molecule has 1 aromatic carbocycles. The third-order valence-corrected chi connectivity index (χ3v) is 6.99. The fourth-order valence-electron chi connectivity index (χ4n) is 4.72. The van der Waals surface area contributed by atoms with Gasteiger partial charge in [-0.25, -0.2) is 4.98 Å².